The summed E-state index contributed by atoms with van der Waals surface area (Å²) in [6, 6.07) is 43.5. The zero-order valence-electron chi connectivity index (χ0n) is 27.6. The summed E-state index contributed by atoms with van der Waals surface area (Å²) in [4.78, 5) is 0. The molecule has 0 saturated carbocycles. The molecule has 0 spiro atoms. The van der Waals surface area contributed by atoms with E-state index in [0.717, 1.165) is 44.9 Å². The zero-order chi connectivity index (χ0) is 34.0. The molecule has 6 rings (SSSR count). The van der Waals surface area contributed by atoms with Gasteiger partial charge in [-0.15, -0.1) is 11.3 Å². The van der Waals surface area contributed by atoms with Crippen molar-refractivity contribution in [2.45, 2.75) is 13.1 Å². The Bertz CT molecular complexity index is 2170. The van der Waals surface area contributed by atoms with Crippen molar-refractivity contribution in [2.24, 2.45) is 5.73 Å². The van der Waals surface area contributed by atoms with Crippen LogP contribution in [-0.4, -0.2) is 0 Å². The molecule has 49 heavy (non-hydrogen) atoms. The van der Waals surface area contributed by atoms with Crippen LogP contribution >= 0.6 is 11.3 Å². The number of nitrogens with zero attached hydrogens (tertiary/aromatic N) is 1. The highest BCUT2D eigenvalue weighted by Crippen LogP contribution is 2.39. The Kier molecular flexibility index (Phi) is 10.7. The third kappa shape index (κ3) is 7.99. The molecular weight excluding hydrogens is 617 g/mol. The van der Waals surface area contributed by atoms with E-state index in [1.165, 1.54) is 20.2 Å². The summed E-state index contributed by atoms with van der Waals surface area (Å²) in [5.74, 6) is 0. The van der Waals surface area contributed by atoms with E-state index in [0.29, 0.717) is 0 Å². The number of fused-ring (bicyclic) bond motifs is 3. The molecule has 0 bridgehead atoms. The second-order valence-electron chi connectivity index (χ2n) is 11.5. The molecule has 6 aromatic rings. The highest BCUT2D eigenvalue weighted by molar-refractivity contribution is 7.26. The van der Waals surface area contributed by atoms with Crippen molar-refractivity contribution in [1.29, 1.82) is 0 Å². The van der Waals surface area contributed by atoms with E-state index in [1.54, 1.807) is 0 Å². The Hall–Kier alpha value is -5.88. The van der Waals surface area contributed by atoms with Crippen LogP contribution in [0.15, 0.2) is 194 Å². The number of thiophene rings is 1. The van der Waals surface area contributed by atoms with Crippen molar-refractivity contribution in [3.63, 3.8) is 0 Å². The summed E-state index contributed by atoms with van der Waals surface area (Å²) < 4.78 is 2.51. The molecule has 5 aromatic carbocycles. The minimum absolute atomic E-state index is 0.403. The molecule has 0 radical (unpaired) electrons. The summed E-state index contributed by atoms with van der Waals surface area (Å²) in [6.45, 7) is 10.6. The SMILES string of the molecule is C=C(/C=C\C=C/C)C(=C)/C=C(\C=C/Nc1ccc(N(Nc2ccccc2)C(N)c2ccccc2)cc1)c1cccc2c1sc1ccccc12. The number of anilines is 3. The fraction of sp³-hybridized carbons (Fsp3) is 0.0455. The maximum absolute atomic E-state index is 6.80. The van der Waals surface area contributed by atoms with Crippen molar-refractivity contribution in [1.82, 2.24) is 0 Å². The number of allylic oxidation sites excluding steroid dienone is 9. The van der Waals surface area contributed by atoms with Crippen LogP contribution in [-0.2, 0) is 0 Å². The van der Waals surface area contributed by atoms with Gasteiger partial charge in [0, 0.05) is 32.1 Å². The number of nitrogens with two attached hydrogens (primary N) is 1. The van der Waals surface area contributed by atoms with Crippen molar-refractivity contribution in [2.75, 3.05) is 15.8 Å². The van der Waals surface area contributed by atoms with Gasteiger partial charge in [0.1, 0.15) is 6.17 Å². The molecule has 4 N–H and O–H groups in total. The molecule has 0 fully saturated rings. The van der Waals surface area contributed by atoms with E-state index in [-0.39, 0.29) is 0 Å². The van der Waals surface area contributed by atoms with Crippen molar-refractivity contribution < 1.29 is 0 Å². The van der Waals surface area contributed by atoms with Crippen LogP contribution < -0.4 is 21.5 Å². The van der Waals surface area contributed by atoms with Crippen molar-refractivity contribution >= 4 is 54.1 Å². The van der Waals surface area contributed by atoms with Gasteiger partial charge in [-0.1, -0.05) is 122 Å². The first-order chi connectivity index (χ1) is 24.0. The number of hydrogen-bond donors (Lipinski definition) is 3. The highest BCUT2D eigenvalue weighted by Gasteiger charge is 2.17. The first-order valence-electron chi connectivity index (χ1n) is 16.3. The molecular formula is C44H40N4S. The number of hydrazine groups is 1. The molecule has 0 aliphatic rings. The second-order valence-corrected chi connectivity index (χ2v) is 12.6. The van der Waals surface area contributed by atoms with Gasteiger partial charge >= 0.3 is 0 Å². The van der Waals surface area contributed by atoms with Crippen LogP contribution in [0.5, 0.6) is 0 Å². The summed E-state index contributed by atoms with van der Waals surface area (Å²) in [7, 11) is 0. The van der Waals surface area contributed by atoms with Crippen LogP contribution in [0.2, 0.25) is 0 Å². The van der Waals surface area contributed by atoms with Gasteiger partial charge in [-0.2, -0.15) is 0 Å². The van der Waals surface area contributed by atoms with Gasteiger partial charge in [0.15, 0.2) is 0 Å². The fourth-order valence-electron chi connectivity index (χ4n) is 5.55. The Labute approximate surface area is 293 Å². The smallest absolute Gasteiger partial charge is 0.123 e. The minimum atomic E-state index is -0.403. The van der Waals surface area contributed by atoms with Gasteiger partial charge in [-0.05, 0) is 89.4 Å². The Balaban J connectivity index is 1.28. The molecule has 1 heterocycles. The van der Waals surface area contributed by atoms with Crippen molar-refractivity contribution in [3.8, 4) is 0 Å². The molecule has 4 nitrogen and oxygen atoms in total. The van der Waals surface area contributed by atoms with E-state index >= 15 is 0 Å². The second kappa shape index (κ2) is 15.8. The normalized spacial score (nSPS) is 12.7. The molecule has 0 aliphatic heterocycles. The van der Waals surface area contributed by atoms with Gasteiger partial charge in [0.05, 0.1) is 11.4 Å². The summed E-state index contributed by atoms with van der Waals surface area (Å²) in [6.07, 6.45) is 13.7. The quantitative estimate of drug-likeness (QED) is 0.0658. The van der Waals surface area contributed by atoms with Crippen LogP contribution in [0.3, 0.4) is 0 Å². The first kappa shape index (κ1) is 33.0. The molecule has 0 saturated heterocycles. The lowest BCUT2D eigenvalue weighted by Crippen LogP contribution is -2.39. The van der Waals surface area contributed by atoms with Gasteiger partial charge in [0.25, 0.3) is 0 Å². The molecule has 0 amide bonds. The number of benzene rings is 5. The van der Waals surface area contributed by atoms with Crippen LogP contribution in [0.4, 0.5) is 17.1 Å². The fourth-order valence-corrected chi connectivity index (χ4v) is 6.79. The van der Waals surface area contributed by atoms with Crippen LogP contribution in [0, 0.1) is 0 Å². The topological polar surface area (TPSA) is 53.3 Å². The standard InChI is InChI=1S/C44H40N4S/c1-4-5-8-16-32(2)33(3)31-35(39-22-15-23-41-40-21-13-14-24-42(40)49-43(39)41)29-30-46-36-25-27-38(28-26-36)48(47-37-19-11-7-12-20-37)44(45)34-17-9-6-10-18-34/h4-31,44,46-47H,2-3,45H2,1H3/b5-4-,16-8-,30-29-,35-31+. The summed E-state index contributed by atoms with van der Waals surface area (Å²) in [5, 5.41) is 7.98. The Morgan fingerprint density at radius 2 is 1.41 bits per heavy atom. The minimum Gasteiger partial charge on any atom is -0.362 e. The number of rotatable bonds is 13. The molecule has 1 atom stereocenters. The van der Waals surface area contributed by atoms with Gasteiger partial charge in [0.2, 0.25) is 0 Å². The van der Waals surface area contributed by atoms with E-state index in [4.69, 9.17) is 5.73 Å². The maximum Gasteiger partial charge on any atom is 0.123 e. The number of nitrogens with one attached hydrogen (secondary N) is 2. The van der Waals surface area contributed by atoms with E-state index in [1.807, 2.05) is 114 Å². The predicted octanol–water partition coefficient (Wildman–Crippen LogP) is 11.8. The van der Waals surface area contributed by atoms with E-state index < -0.39 is 6.17 Å². The lowest BCUT2D eigenvalue weighted by Gasteiger charge is -2.32. The largest absolute Gasteiger partial charge is 0.362 e. The average Bonchev–Trinajstić information content (AvgIpc) is 3.53. The molecule has 242 valence electrons. The monoisotopic (exact) mass is 656 g/mol. The molecule has 1 aromatic heterocycles. The van der Waals surface area contributed by atoms with Crippen molar-refractivity contribution in [3.05, 3.63) is 205 Å². The molecule has 0 aliphatic carbocycles. The predicted molar refractivity (Wildman–Crippen MR) is 215 cm³/mol. The molecule has 1 unspecified atom stereocenters. The average molecular weight is 657 g/mol. The zero-order valence-corrected chi connectivity index (χ0v) is 28.4. The summed E-state index contributed by atoms with van der Waals surface area (Å²) in [5.41, 5.74) is 18.0. The highest BCUT2D eigenvalue weighted by atomic mass is 32.1. The number of hydrogen-bond acceptors (Lipinski definition) is 5. The Morgan fingerprint density at radius 3 is 2.16 bits per heavy atom. The van der Waals surface area contributed by atoms with Gasteiger partial charge in [-0.25, -0.2) is 0 Å². The Morgan fingerprint density at radius 1 is 0.714 bits per heavy atom. The van der Waals surface area contributed by atoms with Gasteiger partial charge in [-0.3, -0.25) is 10.4 Å². The van der Waals surface area contributed by atoms with E-state index in [2.05, 4.69) is 103 Å². The lowest BCUT2D eigenvalue weighted by molar-refractivity contribution is 0.698. The third-order valence-electron chi connectivity index (χ3n) is 8.16. The van der Waals surface area contributed by atoms with Crippen LogP contribution in [0.1, 0.15) is 24.2 Å². The van der Waals surface area contributed by atoms with Crippen LogP contribution in [0.25, 0.3) is 25.7 Å². The van der Waals surface area contributed by atoms with E-state index in [9.17, 15) is 0 Å². The lowest BCUT2D eigenvalue weighted by atomic mass is 9.98. The third-order valence-corrected chi connectivity index (χ3v) is 9.38. The summed E-state index contributed by atoms with van der Waals surface area (Å²) >= 11 is 1.81. The van der Waals surface area contributed by atoms with Gasteiger partial charge < -0.3 is 11.1 Å². The number of para-hydroxylation sites is 1. The molecule has 5 heteroatoms. The first-order valence-corrected chi connectivity index (χ1v) is 17.1. The maximum atomic E-state index is 6.80.